The largest absolute Gasteiger partial charge is 0.474 e. The summed E-state index contributed by atoms with van der Waals surface area (Å²) in [7, 11) is 3.98. The van der Waals surface area contributed by atoms with Gasteiger partial charge in [-0.25, -0.2) is 14.3 Å². The number of aromatic nitrogens is 4. The van der Waals surface area contributed by atoms with Gasteiger partial charge >= 0.3 is 0 Å². The minimum Gasteiger partial charge on any atom is -0.474 e. The fourth-order valence-corrected chi connectivity index (χ4v) is 4.76. The van der Waals surface area contributed by atoms with Crippen molar-refractivity contribution in [3.05, 3.63) is 36.8 Å². The Morgan fingerprint density at radius 1 is 1.06 bits per heavy atom. The van der Waals surface area contributed by atoms with Crippen LogP contribution in [0.2, 0.25) is 0 Å². The Hall–Kier alpha value is -2.89. The van der Waals surface area contributed by atoms with Gasteiger partial charge in [0.05, 0.1) is 36.0 Å². The number of morpholine rings is 1. The lowest BCUT2D eigenvalue weighted by atomic mass is 9.93. The first-order valence-corrected chi connectivity index (χ1v) is 12.9. The molecule has 0 bridgehead atoms. The first-order chi connectivity index (χ1) is 17.1. The van der Waals surface area contributed by atoms with Crippen LogP contribution in [0.3, 0.4) is 0 Å². The van der Waals surface area contributed by atoms with Gasteiger partial charge in [-0.3, -0.25) is 4.98 Å². The van der Waals surface area contributed by atoms with E-state index in [1.165, 1.54) is 12.1 Å². The van der Waals surface area contributed by atoms with Crippen molar-refractivity contribution in [2.45, 2.75) is 37.8 Å². The number of pyridine rings is 2. The molecule has 1 saturated heterocycles. The molecule has 0 atom stereocenters. The van der Waals surface area contributed by atoms with E-state index in [0.717, 1.165) is 61.2 Å². The molecule has 0 amide bonds. The Morgan fingerprint density at radius 2 is 1.83 bits per heavy atom. The first kappa shape index (κ1) is 23.8. The second kappa shape index (κ2) is 11.2. The molecule has 10 nitrogen and oxygen atoms in total. The van der Waals surface area contributed by atoms with Crippen molar-refractivity contribution >= 4 is 40.5 Å². The third-order valence-electron chi connectivity index (χ3n) is 6.16. The number of rotatable bonds is 8. The van der Waals surface area contributed by atoms with Crippen LogP contribution in [-0.2, 0) is 4.74 Å². The Kier molecular flexibility index (Phi) is 7.65. The van der Waals surface area contributed by atoms with Gasteiger partial charge in [0.1, 0.15) is 11.9 Å². The summed E-state index contributed by atoms with van der Waals surface area (Å²) < 4.78 is 17.4. The van der Waals surface area contributed by atoms with Crippen LogP contribution >= 0.6 is 12.1 Å². The van der Waals surface area contributed by atoms with Crippen LogP contribution in [0.1, 0.15) is 25.7 Å². The number of fused-ring (bicyclic) bond motifs is 1. The monoisotopic (exact) mass is 496 g/mol. The van der Waals surface area contributed by atoms with E-state index in [0.29, 0.717) is 31.1 Å². The van der Waals surface area contributed by atoms with E-state index >= 15 is 0 Å². The van der Waals surface area contributed by atoms with Crippen LogP contribution in [0.25, 0.3) is 10.9 Å². The highest BCUT2D eigenvalue weighted by molar-refractivity contribution is 7.98. The molecule has 0 spiro atoms. The number of anilines is 3. The summed E-state index contributed by atoms with van der Waals surface area (Å²) in [6.07, 6.45) is 9.35. The maximum Gasteiger partial charge on any atom is 0.225 e. The lowest BCUT2D eigenvalue weighted by molar-refractivity contribution is 0.122. The molecule has 0 radical (unpaired) electrons. The number of ether oxygens (including phenoxy) is 2. The molecule has 0 unspecified atom stereocenters. The second-order valence-electron chi connectivity index (χ2n) is 8.99. The molecule has 3 aromatic rings. The summed E-state index contributed by atoms with van der Waals surface area (Å²) in [6, 6.07) is 6.30. The predicted octanol–water partition coefficient (Wildman–Crippen LogP) is 3.60. The number of nitrogens with one attached hydrogen (secondary N) is 2. The maximum absolute atomic E-state index is 6.57. The second-order valence-corrected chi connectivity index (χ2v) is 10.1. The molecule has 5 rings (SSSR count). The van der Waals surface area contributed by atoms with E-state index in [4.69, 9.17) is 19.4 Å². The van der Waals surface area contributed by atoms with E-state index in [2.05, 4.69) is 37.0 Å². The van der Waals surface area contributed by atoms with E-state index in [1.54, 1.807) is 12.4 Å². The first-order valence-electron chi connectivity index (χ1n) is 12.1. The van der Waals surface area contributed by atoms with Crippen molar-refractivity contribution in [1.29, 1.82) is 0 Å². The van der Waals surface area contributed by atoms with Crippen molar-refractivity contribution < 1.29 is 9.47 Å². The van der Waals surface area contributed by atoms with Gasteiger partial charge in [-0.1, -0.05) is 0 Å². The summed E-state index contributed by atoms with van der Waals surface area (Å²) in [5.41, 5.74) is 1.80. The van der Waals surface area contributed by atoms with E-state index in [-0.39, 0.29) is 6.10 Å². The minimum absolute atomic E-state index is 0.105. The molecule has 2 N–H and O–H groups in total. The molecule has 1 aliphatic heterocycles. The van der Waals surface area contributed by atoms with Gasteiger partial charge in [-0.2, -0.15) is 4.98 Å². The van der Waals surface area contributed by atoms with Gasteiger partial charge in [0.2, 0.25) is 11.8 Å². The molecule has 0 aromatic carbocycles. The van der Waals surface area contributed by atoms with E-state index in [9.17, 15) is 0 Å². The maximum atomic E-state index is 6.57. The summed E-state index contributed by atoms with van der Waals surface area (Å²) in [6.45, 7) is 3.04. The zero-order chi connectivity index (χ0) is 24.0. The Bertz CT molecular complexity index is 1110. The molecule has 35 heavy (non-hydrogen) atoms. The fraction of sp³-hybridized carbons (Fsp3) is 0.500. The summed E-state index contributed by atoms with van der Waals surface area (Å²) in [5.74, 6) is 2.23. The van der Waals surface area contributed by atoms with Gasteiger partial charge in [0.15, 0.2) is 0 Å². The van der Waals surface area contributed by atoms with Gasteiger partial charge < -0.3 is 24.4 Å². The molecular formula is C24H32N8O2S. The molecule has 2 fully saturated rings. The molecule has 2 aliphatic rings. The lowest BCUT2D eigenvalue weighted by Crippen LogP contribution is -2.37. The van der Waals surface area contributed by atoms with Crippen LogP contribution in [-0.4, -0.2) is 76.8 Å². The van der Waals surface area contributed by atoms with Gasteiger partial charge in [0.25, 0.3) is 0 Å². The Labute approximate surface area is 210 Å². The van der Waals surface area contributed by atoms with E-state index in [1.807, 2.05) is 30.7 Å². The molecule has 11 heteroatoms. The third kappa shape index (κ3) is 6.22. The Morgan fingerprint density at radius 3 is 2.57 bits per heavy atom. The zero-order valence-corrected chi connectivity index (χ0v) is 21.0. The topological polar surface area (TPSA) is 101 Å². The average molecular weight is 497 g/mol. The summed E-state index contributed by atoms with van der Waals surface area (Å²) in [5, 5.41) is 4.36. The molecule has 1 aliphatic carbocycles. The van der Waals surface area contributed by atoms with Crippen LogP contribution in [0.4, 0.5) is 17.5 Å². The SMILES string of the molecule is CN(C)SNc1cnc2cc(N3CCOCC3)nc(OC3CCC(Nc4ncccn4)CC3)c2c1. The molecule has 186 valence electrons. The molecule has 3 aromatic heterocycles. The molecular weight excluding hydrogens is 464 g/mol. The number of hydrogen-bond donors (Lipinski definition) is 2. The average Bonchev–Trinajstić information content (AvgIpc) is 2.89. The lowest BCUT2D eigenvalue weighted by Gasteiger charge is -2.31. The van der Waals surface area contributed by atoms with Crippen LogP contribution < -0.4 is 19.7 Å². The zero-order valence-electron chi connectivity index (χ0n) is 20.2. The highest BCUT2D eigenvalue weighted by Gasteiger charge is 2.25. The molecule has 1 saturated carbocycles. The van der Waals surface area contributed by atoms with E-state index < -0.39 is 0 Å². The van der Waals surface area contributed by atoms with Crippen molar-refractivity contribution in [1.82, 2.24) is 24.2 Å². The van der Waals surface area contributed by atoms with Crippen LogP contribution in [0.15, 0.2) is 36.8 Å². The minimum atomic E-state index is 0.105. The van der Waals surface area contributed by atoms with Crippen molar-refractivity contribution in [3.8, 4) is 5.88 Å². The van der Waals surface area contributed by atoms with Crippen molar-refractivity contribution in [2.75, 3.05) is 55.3 Å². The third-order valence-corrected chi connectivity index (χ3v) is 6.86. The normalized spacial score (nSPS) is 20.7. The highest BCUT2D eigenvalue weighted by Crippen LogP contribution is 2.33. The predicted molar refractivity (Wildman–Crippen MR) is 140 cm³/mol. The van der Waals surface area contributed by atoms with Gasteiger partial charge in [-0.05, 0) is 51.9 Å². The van der Waals surface area contributed by atoms with Crippen LogP contribution in [0.5, 0.6) is 5.88 Å². The van der Waals surface area contributed by atoms with Crippen molar-refractivity contribution in [2.24, 2.45) is 0 Å². The fourth-order valence-electron chi connectivity index (χ4n) is 4.36. The van der Waals surface area contributed by atoms with Gasteiger partial charge in [0, 0.05) is 49.7 Å². The van der Waals surface area contributed by atoms with Crippen LogP contribution in [0, 0.1) is 0 Å². The quantitative estimate of drug-likeness (QED) is 0.447. The molecule has 4 heterocycles. The van der Waals surface area contributed by atoms with Gasteiger partial charge in [-0.15, -0.1) is 0 Å². The summed E-state index contributed by atoms with van der Waals surface area (Å²) in [4.78, 5) is 20.5. The smallest absolute Gasteiger partial charge is 0.225 e. The summed E-state index contributed by atoms with van der Waals surface area (Å²) >= 11 is 1.50. The number of nitrogens with zero attached hydrogens (tertiary/aromatic N) is 6. The highest BCUT2D eigenvalue weighted by atomic mass is 32.2. The Balaban J connectivity index is 1.34. The number of hydrogen-bond acceptors (Lipinski definition) is 11. The standard InChI is InChI=1S/C24H32N8O2S/c1-31(2)35-30-18-14-20-21(27-16-18)15-22(32-10-12-33-13-11-32)29-23(20)34-19-6-4-17(5-7-19)28-24-25-8-3-9-26-24/h3,8-9,14-17,19,30H,4-7,10-13H2,1-2H3,(H,25,26,28). The van der Waals surface area contributed by atoms with Crippen molar-refractivity contribution in [3.63, 3.8) is 0 Å².